The molecule has 0 saturated heterocycles. The summed E-state index contributed by atoms with van der Waals surface area (Å²) in [5.74, 6) is 0.996. The van der Waals surface area contributed by atoms with Crippen molar-refractivity contribution >= 4 is 27.8 Å². The Morgan fingerprint density at radius 2 is 2.44 bits per heavy atom. The number of nitrogens with zero attached hydrogens (tertiary/aromatic N) is 4. The monoisotopic (exact) mass is 261 g/mol. The van der Waals surface area contributed by atoms with E-state index in [-0.39, 0.29) is 6.61 Å². The largest absolute Gasteiger partial charge is 0.484 e. The summed E-state index contributed by atoms with van der Waals surface area (Å²) < 4.78 is 5.44. The number of aromatic amines is 1. The van der Waals surface area contributed by atoms with E-state index in [2.05, 4.69) is 25.6 Å². The van der Waals surface area contributed by atoms with Crippen LogP contribution in [0.1, 0.15) is 0 Å². The fourth-order valence-electron chi connectivity index (χ4n) is 1.58. The summed E-state index contributed by atoms with van der Waals surface area (Å²) in [5.41, 5.74) is 0. The maximum atomic E-state index is 10.4. The number of rotatable bonds is 4. The van der Waals surface area contributed by atoms with Crippen molar-refractivity contribution in [3.05, 3.63) is 18.3 Å². The van der Waals surface area contributed by atoms with Gasteiger partial charge in [0.05, 0.1) is 5.39 Å². The van der Waals surface area contributed by atoms with Gasteiger partial charge >= 0.3 is 0 Å². The molecule has 8 heteroatoms. The predicted molar refractivity (Wildman–Crippen MR) is 64.4 cm³/mol. The van der Waals surface area contributed by atoms with Gasteiger partial charge in [-0.05, 0) is 17.3 Å². The molecule has 18 heavy (non-hydrogen) atoms. The minimum Gasteiger partial charge on any atom is -0.484 e. The molecule has 0 bridgehead atoms. The minimum atomic E-state index is -0.0222. The molecule has 0 aromatic carbocycles. The molecular weight excluding hydrogens is 254 g/mol. The van der Waals surface area contributed by atoms with Gasteiger partial charge in [-0.15, -0.1) is 21.5 Å². The van der Waals surface area contributed by atoms with Gasteiger partial charge in [0.2, 0.25) is 5.82 Å². The fraction of sp³-hybridized carbons (Fsp3) is 0.100. The topological polar surface area (TPSA) is 93.7 Å². The molecule has 0 amide bonds. The summed E-state index contributed by atoms with van der Waals surface area (Å²) in [7, 11) is 0. The Labute approximate surface area is 105 Å². The van der Waals surface area contributed by atoms with Crippen LogP contribution in [0.4, 0.5) is 0 Å². The first-order valence-corrected chi connectivity index (χ1v) is 5.89. The zero-order valence-electron chi connectivity index (χ0n) is 9.03. The van der Waals surface area contributed by atoms with Gasteiger partial charge in [-0.25, -0.2) is 4.98 Å². The third-order valence-electron chi connectivity index (χ3n) is 2.26. The Balaban J connectivity index is 2.20. The first-order valence-electron chi connectivity index (χ1n) is 5.08. The summed E-state index contributed by atoms with van der Waals surface area (Å²) in [6.07, 6.45) is 2.39. The number of tetrazole rings is 1. The molecule has 0 unspecified atom stereocenters. The highest BCUT2D eigenvalue weighted by Crippen LogP contribution is 2.41. The molecule has 0 saturated carbocycles. The molecule has 3 heterocycles. The van der Waals surface area contributed by atoms with Gasteiger partial charge in [-0.2, -0.15) is 5.21 Å². The standard InChI is InChI=1S/C10H7N5O2S/c16-4-5-17-7-6-2-1-3-11-10(6)18-8(7)9-12-14-15-13-9/h1-4H,5H2,(H,12,13,14,15). The van der Waals surface area contributed by atoms with Crippen molar-refractivity contribution in [1.82, 2.24) is 25.6 Å². The van der Waals surface area contributed by atoms with Crippen molar-refractivity contribution in [1.29, 1.82) is 0 Å². The number of aromatic nitrogens is 5. The molecule has 3 aromatic heterocycles. The number of nitrogens with one attached hydrogen (secondary N) is 1. The van der Waals surface area contributed by atoms with Gasteiger partial charge in [0.15, 0.2) is 12.0 Å². The van der Waals surface area contributed by atoms with E-state index in [1.807, 2.05) is 12.1 Å². The number of aldehydes is 1. The van der Waals surface area contributed by atoms with E-state index >= 15 is 0 Å². The lowest BCUT2D eigenvalue weighted by atomic mass is 10.3. The van der Waals surface area contributed by atoms with E-state index in [4.69, 9.17) is 4.74 Å². The lowest BCUT2D eigenvalue weighted by Crippen LogP contribution is -1.98. The quantitative estimate of drug-likeness (QED) is 0.705. The highest BCUT2D eigenvalue weighted by Gasteiger charge is 2.18. The van der Waals surface area contributed by atoms with Gasteiger partial charge in [0.25, 0.3) is 0 Å². The van der Waals surface area contributed by atoms with Crippen LogP contribution in [0.5, 0.6) is 5.75 Å². The molecule has 0 spiro atoms. The third kappa shape index (κ3) is 1.72. The summed E-state index contributed by atoms with van der Waals surface area (Å²) in [6.45, 7) is -0.0222. The maximum Gasteiger partial charge on any atom is 0.218 e. The number of carbonyl (C=O) groups excluding carboxylic acids is 1. The second-order valence-electron chi connectivity index (χ2n) is 3.33. The van der Waals surface area contributed by atoms with E-state index in [1.54, 1.807) is 6.20 Å². The Morgan fingerprint density at radius 3 is 3.22 bits per heavy atom. The molecule has 1 N–H and O–H groups in total. The second kappa shape index (κ2) is 4.49. The van der Waals surface area contributed by atoms with E-state index in [0.717, 1.165) is 10.2 Å². The molecule has 90 valence electrons. The van der Waals surface area contributed by atoms with E-state index < -0.39 is 0 Å². The van der Waals surface area contributed by atoms with Crippen molar-refractivity contribution in [3.63, 3.8) is 0 Å². The number of pyridine rings is 1. The molecule has 3 rings (SSSR count). The minimum absolute atomic E-state index is 0.0222. The number of hydrogen-bond donors (Lipinski definition) is 1. The zero-order valence-corrected chi connectivity index (χ0v) is 9.85. The number of fused-ring (bicyclic) bond motifs is 1. The highest BCUT2D eigenvalue weighted by atomic mass is 32.1. The van der Waals surface area contributed by atoms with Gasteiger partial charge in [-0.1, -0.05) is 0 Å². The van der Waals surface area contributed by atoms with E-state index in [1.165, 1.54) is 11.3 Å². The smallest absolute Gasteiger partial charge is 0.218 e. The van der Waals surface area contributed by atoms with Crippen molar-refractivity contribution in [2.24, 2.45) is 0 Å². The van der Waals surface area contributed by atoms with Crippen LogP contribution in [-0.4, -0.2) is 38.5 Å². The molecule has 0 radical (unpaired) electrons. The first-order chi connectivity index (χ1) is 8.90. The summed E-state index contributed by atoms with van der Waals surface area (Å²) >= 11 is 1.40. The van der Waals surface area contributed by atoms with Gasteiger partial charge < -0.3 is 4.74 Å². The number of ether oxygens (including phenoxy) is 1. The number of hydrogen-bond acceptors (Lipinski definition) is 7. The van der Waals surface area contributed by atoms with Crippen LogP contribution in [0.2, 0.25) is 0 Å². The average molecular weight is 261 g/mol. The summed E-state index contributed by atoms with van der Waals surface area (Å²) in [5, 5.41) is 14.6. The Kier molecular flexibility index (Phi) is 2.69. The first kappa shape index (κ1) is 10.8. The molecule has 3 aromatic rings. The van der Waals surface area contributed by atoms with Crippen LogP contribution in [0.25, 0.3) is 20.9 Å². The van der Waals surface area contributed by atoms with Crippen LogP contribution in [0.15, 0.2) is 18.3 Å². The predicted octanol–water partition coefficient (Wildman–Crippen LogP) is 1.05. The van der Waals surface area contributed by atoms with Crippen LogP contribution in [-0.2, 0) is 4.79 Å². The summed E-state index contributed by atoms with van der Waals surface area (Å²) in [6, 6.07) is 3.69. The Bertz CT molecular complexity index is 679. The molecule has 7 nitrogen and oxygen atoms in total. The number of carbonyl (C=O) groups is 1. The van der Waals surface area contributed by atoms with Crippen molar-refractivity contribution in [3.8, 4) is 16.5 Å². The van der Waals surface area contributed by atoms with E-state index in [9.17, 15) is 4.79 Å². The molecule has 0 fully saturated rings. The van der Waals surface area contributed by atoms with Crippen molar-refractivity contribution < 1.29 is 9.53 Å². The molecular formula is C10H7N5O2S. The zero-order chi connectivity index (χ0) is 12.4. The van der Waals surface area contributed by atoms with Crippen LogP contribution in [0, 0.1) is 0 Å². The normalized spacial score (nSPS) is 10.7. The Morgan fingerprint density at radius 1 is 1.50 bits per heavy atom. The van der Waals surface area contributed by atoms with Crippen LogP contribution < -0.4 is 4.74 Å². The lowest BCUT2D eigenvalue weighted by Gasteiger charge is -2.01. The number of H-pyrrole nitrogens is 1. The highest BCUT2D eigenvalue weighted by molar-refractivity contribution is 7.22. The average Bonchev–Trinajstić information content (AvgIpc) is 3.03. The van der Waals surface area contributed by atoms with Crippen LogP contribution >= 0.6 is 11.3 Å². The Hall–Kier alpha value is -2.35. The van der Waals surface area contributed by atoms with Crippen molar-refractivity contribution in [2.45, 2.75) is 0 Å². The van der Waals surface area contributed by atoms with Crippen molar-refractivity contribution in [2.75, 3.05) is 6.61 Å². The fourth-order valence-corrected chi connectivity index (χ4v) is 2.59. The molecule has 0 aliphatic heterocycles. The van der Waals surface area contributed by atoms with Gasteiger partial charge in [0, 0.05) is 6.20 Å². The maximum absolute atomic E-state index is 10.4. The molecule has 0 atom stereocenters. The second-order valence-corrected chi connectivity index (χ2v) is 4.33. The third-order valence-corrected chi connectivity index (χ3v) is 3.36. The van der Waals surface area contributed by atoms with Crippen LogP contribution in [0.3, 0.4) is 0 Å². The molecule has 0 aliphatic rings. The van der Waals surface area contributed by atoms with E-state index in [0.29, 0.717) is 22.7 Å². The lowest BCUT2D eigenvalue weighted by molar-refractivity contribution is -0.109. The van der Waals surface area contributed by atoms with Gasteiger partial charge in [0.1, 0.15) is 16.3 Å². The SMILES string of the molecule is O=CCOc1c(-c2nn[nH]n2)sc2ncccc12. The number of thiophene rings is 1. The molecule has 0 aliphatic carbocycles. The summed E-state index contributed by atoms with van der Waals surface area (Å²) in [4.78, 5) is 16.2. The van der Waals surface area contributed by atoms with Gasteiger partial charge in [-0.3, -0.25) is 4.79 Å².